The van der Waals surface area contributed by atoms with Crippen LogP contribution in [0, 0.1) is 6.92 Å². The molecule has 5 rings (SSSR count). The maximum absolute atomic E-state index is 9.79. The highest BCUT2D eigenvalue weighted by molar-refractivity contribution is 6.31. The van der Waals surface area contributed by atoms with E-state index in [2.05, 4.69) is 44.5 Å². The number of hydrogen-bond donors (Lipinski definition) is 1. The van der Waals surface area contributed by atoms with E-state index in [9.17, 15) is 5.11 Å². The molecule has 8 nitrogen and oxygen atoms in total. The molecular formula is C32H42Cl3N5O3. The SMILES string of the molecule is COc1cc2c(CN(CCO)Cc3ccccc3)nn(CCN3CCN(c4cccc(Cl)c4C)CC3)c2cc1OC.Cl.Cl. The fourth-order valence-corrected chi connectivity index (χ4v) is 5.82. The number of nitrogens with zero attached hydrogens (tertiary/aromatic N) is 5. The molecule has 0 saturated carbocycles. The molecule has 3 aromatic carbocycles. The Kier molecular flexibility index (Phi) is 13.2. The average molecular weight is 651 g/mol. The summed E-state index contributed by atoms with van der Waals surface area (Å²) >= 11 is 6.38. The van der Waals surface area contributed by atoms with Crippen LogP contribution in [0.1, 0.15) is 16.8 Å². The van der Waals surface area contributed by atoms with Gasteiger partial charge in [0.05, 0.1) is 38.6 Å². The maximum Gasteiger partial charge on any atom is 0.162 e. The second kappa shape index (κ2) is 16.4. The fraction of sp³-hybridized carbons (Fsp3) is 0.406. The maximum atomic E-state index is 9.79. The van der Waals surface area contributed by atoms with Gasteiger partial charge >= 0.3 is 0 Å². The normalized spacial score (nSPS) is 13.6. The Hall–Kier alpha value is -2.72. The van der Waals surface area contributed by atoms with Crippen molar-refractivity contribution < 1.29 is 14.6 Å². The van der Waals surface area contributed by atoms with E-state index in [1.54, 1.807) is 14.2 Å². The number of methoxy groups -OCH3 is 2. The Morgan fingerprint density at radius 2 is 1.58 bits per heavy atom. The van der Waals surface area contributed by atoms with Gasteiger partial charge in [-0.3, -0.25) is 14.5 Å². The van der Waals surface area contributed by atoms with E-state index >= 15 is 0 Å². The lowest BCUT2D eigenvalue weighted by Gasteiger charge is -2.37. The Morgan fingerprint density at radius 3 is 2.26 bits per heavy atom. The summed E-state index contributed by atoms with van der Waals surface area (Å²) in [5.41, 5.74) is 5.56. The number of ether oxygens (including phenoxy) is 2. The standard InChI is InChI=1S/C32H40ClN5O3.2ClH/c1-24-27(33)10-7-11-29(24)37-15-12-35(13-16-37)14-17-38-30-21-32(41-3)31(40-2)20-26(30)28(34-38)23-36(18-19-39)22-25-8-5-4-6-9-25;;/h4-11,20-21,39H,12-19,22-23H2,1-3H3;2*1H. The summed E-state index contributed by atoms with van der Waals surface area (Å²) in [6.45, 7) is 9.65. The van der Waals surface area contributed by atoms with E-state index in [1.165, 1.54) is 11.3 Å². The molecule has 1 N–H and O–H groups in total. The first-order chi connectivity index (χ1) is 20.0. The van der Waals surface area contributed by atoms with Crippen LogP contribution in [-0.2, 0) is 19.6 Å². The number of piperazine rings is 1. The first kappa shape index (κ1) is 34.8. The summed E-state index contributed by atoms with van der Waals surface area (Å²) < 4.78 is 13.4. The van der Waals surface area contributed by atoms with Crippen molar-refractivity contribution in [2.24, 2.45) is 0 Å². The van der Waals surface area contributed by atoms with Crippen molar-refractivity contribution in [1.29, 1.82) is 0 Å². The first-order valence-corrected chi connectivity index (χ1v) is 14.6. The van der Waals surface area contributed by atoms with Crippen molar-refractivity contribution in [1.82, 2.24) is 19.6 Å². The van der Waals surface area contributed by atoms with Crippen molar-refractivity contribution in [3.05, 3.63) is 82.5 Å². The number of benzene rings is 3. The summed E-state index contributed by atoms with van der Waals surface area (Å²) in [5.74, 6) is 1.37. The van der Waals surface area contributed by atoms with Crippen LogP contribution >= 0.6 is 36.4 Å². The molecule has 1 aliphatic heterocycles. The van der Waals surface area contributed by atoms with Gasteiger partial charge in [-0.15, -0.1) is 24.8 Å². The molecule has 234 valence electrons. The van der Waals surface area contributed by atoms with Crippen molar-refractivity contribution in [2.75, 3.05) is 65.0 Å². The second-order valence-electron chi connectivity index (χ2n) is 10.5. The minimum Gasteiger partial charge on any atom is -0.493 e. The molecular weight excluding hydrogens is 609 g/mol. The predicted molar refractivity (Wildman–Crippen MR) is 180 cm³/mol. The number of rotatable bonds is 12. The zero-order chi connectivity index (χ0) is 28.8. The molecule has 1 saturated heterocycles. The van der Waals surface area contributed by atoms with Crippen LogP contribution in [0.3, 0.4) is 0 Å². The van der Waals surface area contributed by atoms with E-state index in [4.69, 9.17) is 26.2 Å². The van der Waals surface area contributed by atoms with Gasteiger partial charge in [0.15, 0.2) is 11.5 Å². The van der Waals surface area contributed by atoms with E-state index in [1.807, 2.05) is 42.5 Å². The Balaban J connectivity index is 0.00000253. The quantitative estimate of drug-likeness (QED) is 0.212. The van der Waals surface area contributed by atoms with Gasteiger partial charge in [0.1, 0.15) is 0 Å². The van der Waals surface area contributed by atoms with Gasteiger partial charge in [0, 0.05) is 74.5 Å². The van der Waals surface area contributed by atoms with E-state index < -0.39 is 0 Å². The minimum atomic E-state index is 0. The monoisotopic (exact) mass is 649 g/mol. The minimum absolute atomic E-state index is 0. The third-order valence-corrected chi connectivity index (χ3v) is 8.36. The molecule has 43 heavy (non-hydrogen) atoms. The zero-order valence-corrected chi connectivity index (χ0v) is 27.4. The van der Waals surface area contributed by atoms with E-state index in [-0.39, 0.29) is 31.4 Å². The third-order valence-electron chi connectivity index (χ3n) is 7.95. The summed E-state index contributed by atoms with van der Waals surface area (Å²) in [4.78, 5) is 7.16. The van der Waals surface area contributed by atoms with Gasteiger partial charge in [-0.2, -0.15) is 5.10 Å². The molecule has 0 aliphatic carbocycles. The predicted octanol–water partition coefficient (Wildman–Crippen LogP) is 5.68. The second-order valence-corrected chi connectivity index (χ2v) is 10.9. The Labute approximate surface area is 271 Å². The molecule has 0 bridgehead atoms. The van der Waals surface area contributed by atoms with Crippen LogP contribution < -0.4 is 14.4 Å². The number of aliphatic hydroxyl groups is 1. The smallest absolute Gasteiger partial charge is 0.162 e. The van der Waals surface area contributed by atoms with Crippen molar-refractivity contribution >= 4 is 53.0 Å². The van der Waals surface area contributed by atoms with Crippen LogP contribution in [0.4, 0.5) is 5.69 Å². The van der Waals surface area contributed by atoms with Crippen molar-refractivity contribution in [3.8, 4) is 11.5 Å². The molecule has 0 atom stereocenters. The molecule has 1 aliphatic rings. The third kappa shape index (κ3) is 8.26. The largest absolute Gasteiger partial charge is 0.493 e. The molecule has 0 unspecified atom stereocenters. The van der Waals surface area contributed by atoms with Gasteiger partial charge in [-0.05, 0) is 36.2 Å². The van der Waals surface area contributed by atoms with Crippen LogP contribution in [0.2, 0.25) is 5.02 Å². The number of aliphatic hydroxyl groups excluding tert-OH is 1. The Bertz CT molecular complexity index is 1450. The summed E-state index contributed by atoms with van der Waals surface area (Å²) in [6, 6.07) is 20.5. The van der Waals surface area contributed by atoms with Gasteiger partial charge in [-0.1, -0.05) is 48.0 Å². The number of hydrogen-bond acceptors (Lipinski definition) is 7. The molecule has 1 fully saturated rings. The molecule has 0 spiro atoms. The number of halogens is 3. The fourth-order valence-electron chi connectivity index (χ4n) is 5.65. The van der Waals surface area contributed by atoms with Crippen LogP contribution in [-0.4, -0.2) is 84.8 Å². The highest BCUT2D eigenvalue weighted by Gasteiger charge is 2.21. The van der Waals surface area contributed by atoms with Crippen molar-refractivity contribution in [2.45, 2.75) is 26.6 Å². The molecule has 11 heteroatoms. The number of fused-ring (bicyclic) bond motifs is 1. The lowest BCUT2D eigenvalue weighted by Crippen LogP contribution is -2.47. The molecule has 1 aromatic heterocycles. The summed E-state index contributed by atoms with van der Waals surface area (Å²) in [7, 11) is 3.32. The van der Waals surface area contributed by atoms with E-state index in [0.717, 1.165) is 73.0 Å². The van der Waals surface area contributed by atoms with Crippen molar-refractivity contribution in [3.63, 3.8) is 0 Å². The van der Waals surface area contributed by atoms with Crippen LogP contribution in [0.5, 0.6) is 11.5 Å². The molecule has 2 heterocycles. The highest BCUT2D eigenvalue weighted by Crippen LogP contribution is 2.34. The van der Waals surface area contributed by atoms with Crippen LogP contribution in [0.25, 0.3) is 10.9 Å². The molecule has 4 aromatic rings. The Morgan fingerprint density at radius 1 is 0.884 bits per heavy atom. The van der Waals surface area contributed by atoms with Gasteiger partial charge in [0.2, 0.25) is 0 Å². The lowest BCUT2D eigenvalue weighted by molar-refractivity contribution is 0.182. The van der Waals surface area contributed by atoms with Gasteiger partial charge in [0.25, 0.3) is 0 Å². The highest BCUT2D eigenvalue weighted by atomic mass is 35.5. The van der Waals surface area contributed by atoms with Crippen LogP contribution in [0.15, 0.2) is 60.7 Å². The lowest BCUT2D eigenvalue weighted by atomic mass is 10.1. The summed E-state index contributed by atoms with van der Waals surface area (Å²) in [5, 5.41) is 16.8. The first-order valence-electron chi connectivity index (χ1n) is 14.2. The average Bonchev–Trinajstić information content (AvgIpc) is 3.33. The zero-order valence-electron chi connectivity index (χ0n) is 25.0. The summed E-state index contributed by atoms with van der Waals surface area (Å²) in [6.07, 6.45) is 0. The number of aromatic nitrogens is 2. The molecule has 0 radical (unpaired) electrons. The molecule has 0 amide bonds. The topological polar surface area (TPSA) is 66.2 Å². The van der Waals surface area contributed by atoms with E-state index in [0.29, 0.717) is 24.6 Å². The number of anilines is 1. The van der Waals surface area contributed by atoms with Gasteiger partial charge < -0.3 is 19.5 Å². The van der Waals surface area contributed by atoms with Gasteiger partial charge in [-0.25, -0.2) is 0 Å².